The average molecular weight is 334 g/mol. The summed E-state index contributed by atoms with van der Waals surface area (Å²) in [6, 6.07) is 0.0254. The van der Waals surface area contributed by atoms with E-state index in [0.29, 0.717) is 30.8 Å². The van der Waals surface area contributed by atoms with E-state index in [1.54, 1.807) is 15.2 Å². The average Bonchev–Trinajstić information content (AvgIpc) is 2.90. The first-order valence-electron chi connectivity index (χ1n) is 7.46. The maximum atomic E-state index is 12.8. The highest BCUT2D eigenvalue weighted by Gasteiger charge is 2.37. The molecule has 2 rings (SSSR count). The van der Waals surface area contributed by atoms with Gasteiger partial charge in [-0.15, -0.1) is 11.6 Å². The van der Waals surface area contributed by atoms with Gasteiger partial charge in [0.2, 0.25) is 10.0 Å². The number of hydrogen-bond acceptors (Lipinski definition) is 3. The van der Waals surface area contributed by atoms with Crippen LogP contribution in [-0.2, 0) is 16.6 Å². The van der Waals surface area contributed by atoms with E-state index >= 15 is 0 Å². The van der Waals surface area contributed by atoms with Crippen molar-refractivity contribution in [1.29, 1.82) is 0 Å². The Morgan fingerprint density at radius 3 is 2.76 bits per heavy atom. The molecule has 1 aliphatic heterocycles. The fourth-order valence-electron chi connectivity index (χ4n) is 2.94. The second kappa shape index (κ2) is 6.67. The zero-order chi connectivity index (χ0) is 15.6. The molecule has 21 heavy (non-hydrogen) atoms. The van der Waals surface area contributed by atoms with Crippen LogP contribution in [0.2, 0.25) is 0 Å². The molecule has 5 nitrogen and oxygen atoms in total. The van der Waals surface area contributed by atoms with Crippen LogP contribution in [0.4, 0.5) is 0 Å². The van der Waals surface area contributed by atoms with Crippen LogP contribution in [0, 0.1) is 11.8 Å². The molecule has 3 atom stereocenters. The molecule has 1 aromatic heterocycles. The van der Waals surface area contributed by atoms with Crippen LogP contribution in [0.25, 0.3) is 0 Å². The minimum atomic E-state index is -3.46. The summed E-state index contributed by atoms with van der Waals surface area (Å²) in [7, 11) is -3.46. The van der Waals surface area contributed by atoms with Gasteiger partial charge in [-0.3, -0.25) is 4.68 Å². The molecular weight excluding hydrogens is 310 g/mol. The third-order valence-electron chi connectivity index (χ3n) is 4.28. The van der Waals surface area contributed by atoms with E-state index in [9.17, 15) is 8.42 Å². The number of alkyl halides is 1. The smallest absolute Gasteiger partial charge is 0.246 e. The van der Waals surface area contributed by atoms with E-state index in [1.165, 1.54) is 6.20 Å². The van der Waals surface area contributed by atoms with Gasteiger partial charge in [-0.1, -0.05) is 13.8 Å². The molecule has 1 saturated heterocycles. The van der Waals surface area contributed by atoms with Gasteiger partial charge in [-0.25, -0.2) is 8.42 Å². The van der Waals surface area contributed by atoms with Crippen LogP contribution in [-0.4, -0.2) is 41.0 Å². The van der Waals surface area contributed by atoms with Crippen molar-refractivity contribution < 1.29 is 8.42 Å². The summed E-state index contributed by atoms with van der Waals surface area (Å²) in [6.45, 7) is 7.44. The zero-order valence-electron chi connectivity index (χ0n) is 12.9. The first-order valence-corrected chi connectivity index (χ1v) is 9.44. The van der Waals surface area contributed by atoms with Crippen LogP contribution in [0.3, 0.4) is 0 Å². The Morgan fingerprint density at radius 2 is 2.10 bits per heavy atom. The molecule has 1 aromatic rings. The lowest BCUT2D eigenvalue weighted by Crippen LogP contribution is -2.48. The molecule has 0 saturated carbocycles. The third-order valence-corrected chi connectivity index (χ3v) is 6.45. The summed E-state index contributed by atoms with van der Waals surface area (Å²) in [5, 5.41) is 4.13. The molecule has 0 radical (unpaired) electrons. The van der Waals surface area contributed by atoms with Gasteiger partial charge < -0.3 is 0 Å². The first kappa shape index (κ1) is 16.8. The largest absolute Gasteiger partial charge is 0.271 e. The molecule has 2 heterocycles. The van der Waals surface area contributed by atoms with Gasteiger partial charge in [0.1, 0.15) is 4.90 Å². The Labute approximate surface area is 132 Å². The number of sulfonamides is 1. The van der Waals surface area contributed by atoms with Crippen molar-refractivity contribution in [1.82, 2.24) is 14.1 Å². The normalized spacial score (nSPS) is 27.9. The minimum Gasteiger partial charge on any atom is -0.271 e. The first-order chi connectivity index (χ1) is 9.86. The van der Waals surface area contributed by atoms with Crippen LogP contribution in [0.15, 0.2) is 17.3 Å². The Morgan fingerprint density at radius 1 is 1.38 bits per heavy atom. The van der Waals surface area contributed by atoms with Crippen LogP contribution >= 0.6 is 11.6 Å². The predicted octanol–water partition coefficient (Wildman–Crippen LogP) is 2.57. The lowest BCUT2D eigenvalue weighted by molar-refractivity contribution is 0.157. The molecule has 0 amide bonds. The third kappa shape index (κ3) is 3.60. The van der Waals surface area contributed by atoms with E-state index < -0.39 is 10.0 Å². The molecule has 7 heteroatoms. The summed E-state index contributed by atoms with van der Waals surface area (Å²) in [6.07, 6.45) is 4.90. The van der Waals surface area contributed by atoms with Crippen molar-refractivity contribution in [2.45, 2.75) is 51.1 Å². The minimum absolute atomic E-state index is 0.0254. The summed E-state index contributed by atoms with van der Waals surface area (Å²) in [5.74, 6) is 1.30. The fourth-order valence-corrected chi connectivity index (χ4v) is 4.86. The van der Waals surface area contributed by atoms with E-state index in [2.05, 4.69) is 18.9 Å². The highest BCUT2D eigenvalue weighted by Crippen LogP contribution is 2.31. The molecule has 0 aliphatic carbocycles. The summed E-state index contributed by atoms with van der Waals surface area (Å²) >= 11 is 5.65. The number of aryl methyl sites for hydroxylation is 1. The number of nitrogens with zero attached hydrogens (tertiary/aromatic N) is 3. The second-order valence-electron chi connectivity index (χ2n) is 6.12. The fraction of sp³-hybridized carbons (Fsp3) is 0.786. The number of piperidine rings is 1. The van der Waals surface area contributed by atoms with E-state index in [4.69, 9.17) is 11.6 Å². The summed E-state index contributed by atoms with van der Waals surface area (Å²) < 4.78 is 28.9. The number of halogens is 1. The van der Waals surface area contributed by atoms with Gasteiger partial charge in [0.05, 0.1) is 6.20 Å². The quantitative estimate of drug-likeness (QED) is 0.778. The number of hydrogen-bond donors (Lipinski definition) is 0. The monoisotopic (exact) mass is 333 g/mol. The van der Waals surface area contributed by atoms with Gasteiger partial charge >= 0.3 is 0 Å². The van der Waals surface area contributed by atoms with Crippen LogP contribution < -0.4 is 0 Å². The van der Waals surface area contributed by atoms with E-state index in [1.807, 2.05) is 6.92 Å². The number of aromatic nitrogens is 2. The Bertz CT molecular complexity index is 573. The van der Waals surface area contributed by atoms with Gasteiger partial charge in [-0.2, -0.15) is 9.40 Å². The Hall–Kier alpha value is -0.590. The number of rotatable bonds is 5. The van der Waals surface area contributed by atoms with Crippen LogP contribution in [0.5, 0.6) is 0 Å². The molecule has 0 spiro atoms. The van der Waals surface area contributed by atoms with Gasteiger partial charge in [-0.05, 0) is 31.6 Å². The maximum absolute atomic E-state index is 12.8. The lowest BCUT2D eigenvalue weighted by atomic mass is 9.88. The van der Waals surface area contributed by atoms with Crippen LogP contribution in [0.1, 0.15) is 33.6 Å². The lowest BCUT2D eigenvalue weighted by Gasteiger charge is -2.39. The highest BCUT2D eigenvalue weighted by atomic mass is 35.5. The van der Waals surface area contributed by atoms with Crippen molar-refractivity contribution in [3.63, 3.8) is 0 Å². The molecular formula is C14H24ClN3O2S. The van der Waals surface area contributed by atoms with Crippen molar-refractivity contribution in [3.8, 4) is 0 Å². The molecule has 1 fully saturated rings. The Balaban J connectivity index is 2.22. The molecule has 0 bridgehead atoms. The summed E-state index contributed by atoms with van der Waals surface area (Å²) in [5.41, 5.74) is 0. The Kier molecular flexibility index (Phi) is 5.33. The molecule has 120 valence electrons. The molecule has 0 N–H and O–H groups in total. The van der Waals surface area contributed by atoms with E-state index in [-0.39, 0.29) is 10.9 Å². The van der Waals surface area contributed by atoms with Gasteiger partial charge in [0, 0.05) is 31.2 Å². The van der Waals surface area contributed by atoms with Crippen molar-refractivity contribution in [2.75, 3.05) is 12.4 Å². The molecule has 0 aromatic carbocycles. The molecule has 3 unspecified atom stereocenters. The van der Waals surface area contributed by atoms with Gasteiger partial charge in [0.25, 0.3) is 0 Å². The second-order valence-corrected chi connectivity index (χ2v) is 8.38. The topological polar surface area (TPSA) is 55.2 Å². The standard InChI is InChI=1S/C14H24ClN3O2S/c1-11-7-12(2)13(3)18(9-11)21(19,20)14-8-16-17(10-14)6-4-5-15/h8,10-13H,4-7,9H2,1-3H3. The summed E-state index contributed by atoms with van der Waals surface area (Å²) in [4.78, 5) is 0.283. The van der Waals surface area contributed by atoms with E-state index in [0.717, 1.165) is 12.8 Å². The maximum Gasteiger partial charge on any atom is 0.246 e. The SMILES string of the molecule is CC1CC(C)C(C)N(S(=O)(=O)c2cnn(CCCCl)c2)C1. The van der Waals surface area contributed by atoms with Crippen molar-refractivity contribution in [3.05, 3.63) is 12.4 Å². The predicted molar refractivity (Wildman–Crippen MR) is 83.9 cm³/mol. The van der Waals surface area contributed by atoms with Crippen molar-refractivity contribution >= 4 is 21.6 Å². The molecule has 1 aliphatic rings. The zero-order valence-corrected chi connectivity index (χ0v) is 14.4. The van der Waals surface area contributed by atoms with Gasteiger partial charge in [0.15, 0.2) is 0 Å². The van der Waals surface area contributed by atoms with Crippen molar-refractivity contribution in [2.24, 2.45) is 11.8 Å². The highest BCUT2D eigenvalue weighted by molar-refractivity contribution is 7.89.